The third-order valence-electron chi connectivity index (χ3n) is 1.74. The van der Waals surface area contributed by atoms with E-state index in [1.165, 1.54) is 12.8 Å². The maximum absolute atomic E-state index is 5.76. The van der Waals surface area contributed by atoms with Crippen molar-refractivity contribution in [3.8, 4) is 0 Å². The van der Waals surface area contributed by atoms with Crippen molar-refractivity contribution in [2.45, 2.75) is 19.8 Å². The van der Waals surface area contributed by atoms with Gasteiger partial charge in [0.15, 0.2) is 5.17 Å². The topological polar surface area (TPSA) is 38.4 Å². The lowest BCUT2D eigenvalue weighted by Gasteiger charge is -1.99. The average molecular weight is 208 g/mol. The minimum Gasteiger partial charge on any atom is -0.378 e. The van der Waals surface area contributed by atoms with Gasteiger partial charge in [-0.05, 0) is 18.6 Å². The molecule has 0 aromatic heterocycles. The highest BCUT2D eigenvalue weighted by Crippen LogP contribution is 2.13. The molecule has 2 nitrogen and oxygen atoms in total. The predicted molar refractivity (Wildman–Crippen MR) is 65.1 cm³/mol. The van der Waals surface area contributed by atoms with Crippen molar-refractivity contribution in [2.24, 2.45) is 10.7 Å². The second-order valence-corrected chi connectivity index (χ2v) is 4.10. The Morgan fingerprint density at radius 1 is 1.36 bits per heavy atom. The zero-order chi connectivity index (χ0) is 10.2. The largest absolute Gasteiger partial charge is 0.378 e. The Hall–Kier alpha value is -0.960. The van der Waals surface area contributed by atoms with Gasteiger partial charge in [-0.2, -0.15) is 0 Å². The first-order chi connectivity index (χ1) is 6.83. The number of aliphatic imine (C=N–C) groups is 1. The normalized spacial score (nSPS) is 11.6. The van der Waals surface area contributed by atoms with Crippen LogP contribution in [0.25, 0.3) is 0 Å². The molecule has 76 valence electrons. The van der Waals surface area contributed by atoms with E-state index in [0.29, 0.717) is 5.17 Å². The number of benzene rings is 1. The number of nitrogens with two attached hydrogens (primary N) is 1. The molecule has 2 N–H and O–H groups in total. The highest BCUT2D eigenvalue weighted by Gasteiger charge is 1.93. The molecule has 0 aliphatic carbocycles. The summed E-state index contributed by atoms with van der Waals surface area (Å²) in [5, 5.41) is 0.657. The number of nitrogens with zero attached hydrogens (tertiary/aromatic N) is 1. The summed E-state index contributed by atoms with van der Waals surface area (Å²) in [7, 11) is 0. The summed E-state index contributed by atoms with van der Waals surface area (Å²) in [6, 6.07) is 9.80. The van der Waals surface area contributed by atoms with E-state index in [9.17, 15) is 0 Å². The molecule has 0 saturated carbocycles. The quantitative estimate of drug-likeness (QED) is 0.469. The van der Waals surface area contributed by atoms with E-state index in [-0.39, 0.29) is 0 Å². The zero-order valence-electron chi connectivity index (χ0n) is 8.44. The summed E-state index contributed by atoms with van der Waals surface area (Å²) in [6.45, 7) is 2.17. The predicted octanol–water partition coefficient (Wildman–Crippen LogP) is 3.17. The van der Waals surface area contributed by atoms with Gasteiger partial charge in [-0.1, -0.05) is 43.3 Å². The molecule has 1 aromatic carbocycles. The maximum atomic E-state index is 5.76. The molecule has 0 unspecified atom stereocenters. The summed E-state index contributed by atoms with van der Waals surface area (Å²) < 4.78 is 0. The molecule has 3 heteroatoms. The summed E-state index contributed by atoms with van der Waals surface area (Å²) in [6.07, 6.45) is 2.39. The van der Waals surface area contributed by atoms with Crippen LogP contribution in [0.5, 0.6) is 0 Å². The second-order valence-electron chi connectivity index (χ2n) is 2.99. The van der Waals surface area contributed by atoms with Gasteiger partial charge in [0.25, 0.3) is 0 Å². The third-order valence-corrected chi connectivity index (χ3v) is 2.62. The van der Waals surface area contributed by atoms with Gasteiger partial charge in [-0.15, -0.1) is 0 Å². The first-order valence-electron chi connectivity index (χ1n) is 4.85. The van der Waals surface area contributed by atoms with E-state index in [0.717, 1.165) is 11.4 Å². The van der Waals surface area contributed by atoms with Crippen LogP contribution in [-0.4, -0.2) is 10.9 Å². The lowest BCUT2D eigenvalue weighted by atomic mass is 10.3. The first kappa shape index (κ1) is 11.1. The monoisotopic (exact) mass is 208 g/mol. The van der Waals surface area contributed by atoms with E-state index in [4.69, 9.17) is 5.73 Å². The molecule has 0 fully saturated rings. The minimum absolute atomic E-state index is 0.657. The van der Waals surface area contributed by atoms with Gasteiger partial charge in [0, 0.05) is 5.75 Å². The standard InChI is InChI=1S/C11H16N2S/c1-2-3-9-14-11(12)13-10-7-5-4-6-8-10/h4-8H,2-3,9H2,1H3,(H2,12,13). The molecule has 0 radical (unpaired) electrons. The number of hydrogen-bond donors (Lipinski definition) is 1. The van der Waals surface area contributed by atoms with Crippen molar-refractivity contribution in [1.29, 1.82) is 0 Å². The van der Waals surface area contributed by atoms with Gasteiger partial charge >= 0.3 is 0 Å². The van der Waals surface area contributed by atoms with Gasteiger partial charge in [0.1, 0.15) is 0 Å². The number of unbranched alkanes of at least 4 members (excludes halogenated alkanes) is 1. The Labute approximate surface area is 89.6 Å². The van der Waals surface area contributed by atoms with Crippen LogP contribution in [0.3, 0.4) is 0 Å². The number of amidine groups is 1. The Morgan fingerprint density at radius 3 is 2.71 bits per heavy atom. The van der Waals surface area contributed by atoms with Gasteiger partial charge in [-0.25, -0.2) is 4.99 Å². The van der Waals surface area contributed by atoms with Crippen molar-refractivity contribution in [3.63, 3.8) is 0 Å². The van der Waals surface area contributed by atoms with Crippen molar-refractivity contribution < 1.29 is 0 Å². The van der Waals surface area contributed by atoms with Crippen LogP contribution in [0, 0.1) is 0 Å². The molecule has 0 heterocycles. The van der Waals surface area contributed by atoms with Crippen LogP contribution < -0.4 is 5.73 Å². The van der Waals surface area contributed by atoms with E-state index in [1.807, 2.05) is 30.3 Å². The number of hydrogen-bond acceptors (Lipinski definition) is 2. The fraction of sp³-hybridized carbons (Fsp3) is 0.364. The Balaban J connectivity index is 2.43. The van der Waals surface area contributed by atoms with Crippen molar-refractivity contribution in [2.75, 3.05) is 5.75 Å². The second kappa shape index (κ2) is 6.49. The van der Waals surface area contributed by atoms with Crippen LogP contribution in [0.15, 0.2) is 35.3 Å². The molecular weight excluding hydrogens is 192 g/mol. The SMILES string of the molecule is CCCCSC(N)=Nc1ccccc1. The highest BCUT2D eigenvalue weighted by molar-refractivity contribution is 8.13. The first-order valence-corrected chi connectivity index (χ1v) is 5.83. The Morgan fingerprint density at radius 2 is 2.07 bits per heavy atom. The molecular formula is C11H16N2S. The molecule has 0 amide bonds. The number of para-hydroxylation sites is 1. The minimum atomic E-state index is 0.657. The highest BCUT2D eigenvalue weighted by atomic mass is 32.2. The molecule has 14 heavy (non-hydrogen) atoms. The van der Waals surface area contributed by atoms with Gasteiger partial charge in [-0.3, -0.25) is 0 Å². The van der Waals surface area contributed by atoms with Gasteiger partial charge in [0.2, 0.25) is 0 Å². The molecule has 1 rings (SSSR count). The Bertz CT molecular complexity index is 283. The summed E-state index contributed by atoms with van der Waals surface area (Å²) in [5.41, 5.74) is 6.68. The molecule has 1 aromatic rings. The van der Waals surface area contributed by atoms with E-state index in [2.05, 4.69) is 11.9 Å². The van der Waals surface area contributed by atoms with Crippen LogP contribution in [0.1, 0.15) is 19.8 Å². The van der Waals surface area contributed by atoms with Crippen molar-refractivity contribution in [1.82, 2.24) is 0 Å². The average Bonchev–Trinajstić information content (AvgIpc) is 2.20. The fourth-order valence-corrected chi connectivity index (χ4v) is 1.80. The fourth-order valence-electron chi connectivity index (χ4n) is 0.983. The van der Waals surface area contributed by atoms with E-state index < -0.39 is 0 Å². The van der Waals surface area contributed by atoms with Crippen LogP contribution in [0.2, 0.25) is 0 Å². The van der Waals surface area contributed by atoms with E-state index >= 15 is 0 Å². The molecule has 0 atom stereocenters. The molecule has 0 bridgehead atoms. The van der Waals surface area contributed by atoms with Crippen LogP contribution in [-0.2, 0) is 0 Å². The molecule has 0 spiro atoms. The smallest absolute Gasteiger partial charge is 0.159 e. The summed E-state index contributed by atoms with van der Waals surface area (Å²) in [5.74, 6) is 1.05. The summed E-state index contributed by atoms with van der Waals surface area (Å²) >= 11 is 1.62. The van der Waals surface area contributed by atoms with Gasteiger partial charge in [0.05, 0.1) is 5.69 Å². The van der Waals surface area contributed by atoms with Crippen LogP contribution >= 0.6 is 11.8 Å². The third kappa shape index (κ3) is 4.33. The molecule has 0 saturated heterocycles. The number of rotatable bonds is 4. The van der Waals surface area contributed by atoms with Crippen molar-refractivity contribution >= 4 is 22.6 Å². The van der Waals surface area contributed by atoms with Crippen LogP contribution in [0.4, 0.5) is 5.69 Å². The van der Waals surface area contributed by atoms with E-state index in [1.54, 1.807) is 11.8 Å². The maximum Gasteiger partial charge on any atom is 0.159 e. The lowest BCUT2D eigenvalue weighted by molar-refractivity contribution is 0.898. The zero-order valence-corrected chi connectivity index (χ0v) is 9.26. The molecule has 0 aliphatic rings. The lowest BCUT2D eigenvalue weighted by Crippen LogP contribution is -2.06. The Kier molecular flexibility index (Phi) is 5.15. The van der Waals surface area contributed by atoms with Crippen molar-refractivity contribution in [3.05, 3.63) is 30.3 Å². The number of thioether (sulfide) groups is 1. The van der Waals surface area contributed by atoms with Gasteiger partial charge < -0.3 is 5.73 Å². The summed E-state index contributed by atoms with van der Waals surface area (Å²) in [4.78, 5) is 4.29. The molecule has 0 aliphatic heterocycles.